The van der Waals surface area contributed by atoms with Crippen molar-refractivity contribution in [2.24, 2.45) is 50.2 Å². The van der Waals surface area contributed by atoms with Crippen molar-refractivity contribution < 1.29 is 164 Å². The van der Waals surface area contributed by atoms with E-state index in [0.717, 1.165) is 5.57 Å². The smallest absolute Gasteiger partial charge is 0.317 e. The number of aliphatic hydroxyl groups excluding tert-OH is 19. The number of hydrogen-bond acceptors (Lipinski definition) is 33. The van der Waals surface area contributed by atoms with Gasteiger partial charge in [0, 0.05) is 5.41 Å². The van der Waals surface area contributed by atoms with Gasteiger partial charge < -0.3 is 159 Å². The molecule has 552 valence electrons. The van der Waals surface area contributed by atoms with E-state index in [4.69, 9.17) is 56.8 Å². The summed E-state index contributed by atoms with van der Waals surface area (Å²) in [6.07, 6.45) is -42.5. The average molecular weight is 1390 g/mol. The van der Waals surface area contributed by atoms with Crippen LogP contribution in [0.4, 0.5) is 0 Å². The van der Waals surface area contributed by atoms with E-state index >= 15 is 4.79 Å². The van der Waals surface area contributed by atoms with Gasteiger partial charge in [-0.3, -0.25) is 4.79 Å². The lowest BCUT2D eigenvalue weighted by atomic mass is 9.33. The third-order valence-corrected chi connectivity index (χ3v) is 24.8. The molecular weight excluding hydrogens is 1280 g/mol. The molecule has 0 aromatic rings. The van der Waals surface area contributed by atoms with Crippen LogP contribution in [0.1, 0.15) is 92.9 Å². The zero-order chi connectivity index (χ0) is 70.1. The fourth-order valence-electron chi connectivity index (χ4n) is 18.9. The van der Waals surface area contributed by atoms with E-state index in [1.54, 1.807) is 0 Å². The van der Waals surface area contributed by atoms with Crippen LogP contribution < -0.4 is 0 Å². The molecule has 6 saturated heterocycles. The van der Waals surface area contributed by atoms with Gasteiger partial charge in [0.2, 0.25) is 6.29 Å². The number of carbonyl (C=O) groups is 1. The molecule has 0 bridgehead atoms. The zero-order valence-corrected chi connectivity index (χ0v) is 54.5. The number of ether oxygens (including phenoxy) is 12. The lowest BCUT2D eigenvalue weighted by Gasteiger charge is -2.72. The Morgan fingerprint density at radius 1 is 0.552 bits per heavy atom. The Labute approximate surface area is 553 Å². The second-order valence-electron chi connectivity index (χ2n) is 30.7. The van der Waals surface area contributed by atoms with E-state index in [1.807, 2.05) is 6.92 Å². The minimum Gasteiger partial charge on any atom is -0.432 e. The van der Waals surface area contributed by atoms with E-state index in [-0.39, 0.29) is 30.6 Å². The second kappa shape index (κ2) is 27.9. The summed E-state index contributed by atoms with van der Waals surface area (Å²) >= 11 is 0. The zero-order valence-electron chi connectivity index (χ0n) is 54.5. The van der Waals surface area contributed by atoms with Crippen LogP contribution in [0.3, 0.4) is 0 Å². The minimum atomic E-state index is -2.09. The summed E-state index contributed by atoms with van der Waals surface area (Å²) < 4.78 is 70.2. The first-order chi connectivity index (χ1) is 45.1. The van der Waals surface area contributed by atoms with Crippen molar-refractivity contribution in [2.75, 3.05) is 52.9 Å². The van der Waals surface area contributed by atoms with Crippen LogP contribution in [0, 0.1) is 50.2 Å². The molecule has 33 heteroatoms. The van der Waals surface area contributed by atoms with Gasteiger partial charge in [-0.25, -0.2) is 0 Å². The van der Waals surface area contributed by atoms with Gasteiger partial charge in [0.15, 0.2) is 37.6 Å². The fraction of sp³-hybridized carbons (Fsp3) is 0.952. The summed E-state index contributed by atoms with van der Waals surface area (Å²) in [5, 5.41) is 221. The summed E-state index contributed by atoms with van der Waals surface area (Å²) in [5.41, 5.74) is -7.34. The highest BCUT2D eigenvalue weighted by atomic mass is 16.8. The van der Waals surface area contributed by atoms with Gasteiger partial charge in [0.1, 0.15) is 115 Å². The summed E-state index contributed by atoms with van der Waals surface area (Å²) in [4.78, 5) is 15.5. The molecule has 4 saturated carbocycles. The molecule has 6 heterocycles. The molecule has 11 rings (SSSR count). The molecule has 10 fully saturated rings. The standard InChI is InChI=1S/C63H102O33/c1-24-45(92-51-44(81)46(28(70)18-85-51)93-55-48(82)62(84,22-68)23-87-55)40(77)43(80)52(88-24)94-47-37(74)30(17-65)90-54(47)96-56(83)63-12-11-57(2,3)13-26(63)25-7-8-32-58(4)14-27(69)49(61(20-66,21-67)33(58)9-10-59(32,5)60(25,6)15-34(63)71)95-53-42(79)39(76)36(73)31(91-53)19-86-50-41(78)38(75)35(72)29(16-64)89-50/h7,24,26-55,64-82,84H,8-23H2,1-6H3/t24-,26-,27-,28+,29+,30-,31+,32?,33?,34+,35+,36+,37-,38-,39-,40-,41+,42+,43+,44+,45-,46-,47+,48-,49-,50+,51-,52-,53?,54-,55-,58+,59+,60+,62+,63+/m0/s1. The normalized spacial score (nSPS) is 53.9. The number of fused-ring (bicyclic) bond motifs is 7. The maximum Gasteiger partial charge on any atom is 0.317 e. The Balaban J connectivity index is 0.793. The highest BCUT2D eigenvalue weighted by molar-refractivity contribution is 5.80. The van der Waals surface area contributed by atoms with Gasteiger partial charge in [-0.1, -0.05) is 46.3 Å². The topological polar surface area (TPSA) is 532 Å². The number of hydrogen-bond donors (Lipinski definition) is 20. The molecule has 3 unspecified atom stereocenters. The maximum absolute atomic E-state index is 15.5. The van der Waals surface area contributed by atoms with Crippen LogP contribution in [-0.4, -0.2) is 339 Å². The van der Waals surface area contributed by atoms with Crippen LogP contribution in [0.5, 0.6) is 0 Å². The van der Waals surface area contributed by atoms with Gasteiger partial charge in [0.25, 0.3) is 0 Å². The van der Waals surface area contributed by atoms with Crippen LogP contribution in [0.2, 0.25) is 0 Å². The van der Waals surface area contributed by atoms with E-state index in [2.05, 4.69) is 33.8 Å². The van der Waals surface area contributed by atoms with E-state index in [1.165, 1.54) is 6.92 Å². The molecule has 33 nitrogen and oxygen atoms in total. The molecule has 36 atom stereocenters. The van der Waals surface area contributed by atoms with Crippen LogP contribution >= 0.6 is 0 Å². The quantitative estimate of drug-likeness (QED) is 0.0344. The van der Waals surface area contributed by atoms with E-state index in [9.17, 15) is 102 Å². The third-order valence-electron chi connectivity index (χ3n) is 24.8. The predicted molar refractivity (Wildman–Crippen MR) is 314 cm³/mol. The van der Waals surface area contributed by atoms with Crippen molar-refractivity contribution in [3.05, 3.63) is 11.6 Å². The van der Waals surface area contributed by atoms with Crippen molar-refractivity contribution in [3.8, 4) is 0 Å². The van der Waals surface area contributed by atoms with Crippen molar-refractivity contribution in [2.45, 2.75) is 271 Å². The van der Waals surface area contributed by atoms with Gasteiger partial charge in [0.05, 0.1) is 77.3 Å². The van der Waals surface area contributed by atoms with Crippen molar-refractivity contribution in [1.29, 1.82) is 0 Å². The number of carbonyl (C=O) groups excluding carboxylic acids is 1. The Hall–Kier alpha value is -2.03. The van der Waals surface area contributed by atoms with Gasteiger partial charge in [-0.15, -0.1) is 0 Å². The molecule has 0 spiro atoms. The monoisotopic (exact) mass is 1390 g/mol. The molecule has 0 aromatic carbocycles. The van der Waals surface area contributed by atoms with Crippen LogP contribution in [0.15, 0.2) is 11.6 Å². The van der Waals surface area contributed by atoms with E-state index in [0.29, 0.717) is 32.1 Å². The first-order valence-corrected chi connectivity index (χ1v) is 33.4. The number of esters is 1. The molecule has 6 aliphatic heterocycles. The largest absolute Gasteiger partial charge is 0.432 e. The SMILES string of the molecule is C[C@@H]1O[C@@H](O[C@H]2[C@H](OC(=O)[C@]34CCC(C)(C)C[C@H]3C3=CCC5[C@@]6(C)C[C@H](O)[C@H](OC7O[C@H](CO[C@@H]8O[C@H](CO)[C@@H](O)[C@H](O)[C@H]8O)[C@@H](O)[C@H](O)[C@H]7O)C(CO)(CO)C6CC[C@@]5(C)[C@]3(C)C[C@H]4O)O[C@@H](CO)[C@@H]2O)[C@H](O)[C@H](O)[C@H]1O[C@@H]1OC[C@@H](O)[C@H](O[C@@H]2OC[C@](O)(CO)[C@H]2O)[C@H]1O. The molecular formula is C63H102O33. The highest BCUT2D eigenvalue weighted by Crippen LogP contribution is 2.76. The van der Waals surface area contributed by atoms with Gasteiger partial charge in [-0.05, 0) is 97.7 Å². The fourth-order valence-corrected chi connectivity index (χ4v) is 18.9. The summed E-state index contributed by atoms with van der Waals surface area (Å²) in [7, 11) is 0. The van der Waals surface area contributed by atoms with E-state index < -0.39 is 275 Å². The maximum atomic E-state index is 15.5. The number of aliphatic hydroxyl groups is 20. The first kappa shape index (κ1) is 75.1. The van der Waals surface area contributed by atoms with Crippen molar-refractivity contribution in [1.82, 2.24) is 0 Å². The van der Waals surface area contributed by atoms with Crippen molar-refractivity contribution in [3.63, 3.8) is 0 Å². The molecule has 5 aliphatic carbocycles. The number of rotatable bonds is 18. The Morgan fingerprint density at radius 2 is 1.15 bits per heavy atom. The molecule has 11 aliphatic rings. The Bertz CT molecular complexity index is 2710. The summed E-state index contributed by atoms with van der Waals surface area (Å²) in [5.74, 6) is -2.49. The van der Waals surface area contributed by atoms with Gasteiger partial charge in [-0.2, -0.15) is 0 Å². The molecule has 0 radical (unpaired) electrons. The first-order valence-electron chi connectivity index (χ1n) is 33.4. The van der Waals surface area contributed by atoms with Crippen LogP contribution in [-0.2, 0) is 61.6 Å². The third kappa shape index (κ3) is 12.3. The molecule has 20 N–H and O–H groups in total. The minimum absolute atomic E-state index is 0.0177. The van der Waals surface area contributed by atoms with Crippen LogP contribution in [0.25, 0.3) is 0 Å². The lowest BCUT2D eigenvalue weighted by Crippen LogP contribution is -2.71. The predicted octanol–water partition coefficient (Wildman–Crippen LogP) is -7.55. The van der Waals surface area contributed by atoms with Crippen molar-refractivity contribution >= 4 is 5.97 Å². The molecule has 0 amide bonds. The molecule has 0 aromatic heterocycles. The second-order valence-corrected chi connectivity index (χ2v) is 30.7. The van der Waals surface area contributed by atoms with Gasteiger partial charge >= 0.3 is 5.97 Å². The molecule has 96 heavy (non-hydrogen) atoms. The lowest BCUT2D eigenvalue weighted by molar-refractivity contribution is -0.360. The Kier molecular flexibility index (Phi) is 21.8. The Morgan fingerprint density at radius 3 is 1.79 bits per heavy atom. The number of allylic oxidation sites excluding steroid dienone is 2. The highest BCUT2D eigenvalue weighted by Gasteiger charge is 2.74. The summed E-state index contributed by atoms with van der Waals surface area (Å²) in [6, 6.07) is 0. The summed E-state index contributed by atoms with van der Waals surface area (Å²) in [6.45, 7) is 6.12. The average Bonchev–Trinajstić information content (AvgIpc) is 0.761.